The zero-order chi connectivity index (χ0) is 13.2. The third-order valence-electron chi connectivity index (χ3n) is 2.76. The molecule has 0 aliphatic carbocycles. The summed E-state index contributed by atoms with van der Waals surface area (Å²) in [4.78, 5) is 12.9. The van der Waals surface area contributed by atoms with Gasteiger partial charge in [-0.3, -0.25) is 4.79 Å². The Labute approximate surface area is 103 Å². The fourth-order valence-corrected chi connectivity index (χ4v) is 1.86. The Bertz CT molecular complexity index is 417. The Hall–Kier alpha value is -1.51. The first-order valence-electron chi connectivity index (χ1n) is 5.74. The van der Waals surface area contributed by atoms with E-state index in [2.05, 4.69) is 26.8 Å². The predicted octanol–water partition coefficient (Wildman–Crippen LogP) is 2.68. The van der Waals surface area contributed by atoms with Crippen molar-refractivity contribution in [1.29, 1.82) is 0 Å². The largest absolute Gasteiger partial charge is 0.481 e. The quantitative estimate of drug-likeness (QED) is 0.875. The van der Waals surface area contributed by atoms with Crippen LogP contribution in [0.1, 0.15) is 31.9 Å². The third kappa shape index (κ3) is 3.48. The molecule has 0 bridgehead atoms. The molecule has 3 nitrogen and oxygen atoms in total. The van der Waals surface area contributed by atoms with Crippen LogP contribution >= 0.6 is 0 Å². The fraction of sp³-hybridized carbons (Fsp3) is 0.500. The van der Waals surface area contributed by atoms with Gasteiger partial charge in [-0.15, -0.1) is 0 Å². The number of rotatable bonds is 3. The third-order valence-corrected chi connectivity index (χ3v) is 2.76. The van der Waals surface area contributed by atoms with Gasteiger partial charge in [0.25, 0.3) is 0 Å². The number of carboxylic acids is 1. The molecule has 0 radical (unpaired) electrons. The van der Waals surface area contributed by atoms with E-state index in [1.54, 1.807) is 0 Å². The Kier molecular flexibility index (Phi) is 3.81. The van der Waals surface area contributed by atoms with Gasteiger partial charge in [0.2, 0.25) is 0 Å². The van der Waals surface area contributed by atoms with Crippen molar-refractivity contribution in [3.8, 4) is 0 Å². The predicted molar refractivity (Wildman–Crippen MR) is 70.8 cm³/mol. The molecule has 1 rings (SSSR count). The highest BCUT2D eigenvalue weighted by molar-refractivity contribution is 5.71. The van der Waals surface area contributed by atoms with Crippen molar-refractivity contribution in [2.24, 2.45) is 0 Å². The molecule has 0 unspecified atom stereocenters. The molecule has 0 saturated heterocycles. The van der Waals surface area contributed by atoms with Gasteiger partial charge in [0.05, 0.1) is 6.42 Å². The number of nitrogens with zero attached hydrogens (tertiary/aromatic N) is 1. The van der Waals surface area contributed by atoms with E-state index in [-0.39, 0.29) is 11.8 Å². The van der Waals surface area contributed by atoms with Crippen LogP contribution < -0.4 is 4.90 Å². The van der Waals surface area contributed by atoms with E-state index in [4.69, 9.17) is 5.11 Å². The molecule has 0 saturated carbocycles. The summed E-state index contributed by atoms with van der Waals surface area (Å²) >= 11 is 0. The van der Waals surface area contributed by atoms with Crippen LogP contribution in [0.4, 0.5) is 5.69 Å². The highest BCUT2D eigenvalue weighted by Crippen LogP contribution is 2.29. The molecule has 17 heavy (non-hydrogen) atoms. The number of carbonyl (C=O) groups is 1. The first-order valence-corrected chi connectivity index (χ1v) is 5.74. The van der Waals surface area contributed by atoms with Gasteiger partial charge in [-0.05, 0) is 28.7 Å². The molecule has 0 aromatic heterocycles. The number of hydrogen-bond donors (Lipinski definition) is 1. The maximum absolute atomic E-state index is 10.9. The summed E-state index contributed by atoms with van der Waals surface area (Å²) in [6.07, 6.45) is 0.0836. The molecule has 0 amide bonds. The monoisotopic (exact) mass is 235 g/mol. The summed E-state index contributed by atoms with van der Waals surface area (Å²) in [5.41, 5.74) is 3.06. The van der Waals surface area contributed by atoms with Gasteiger partial charge in [-0.1, -0.05) is 26.8 Å². The van der Waals surface area contributed by atoms with Crippen LogP contribution in [-0.4, -0.2) is 25.2 Å². The van der Waals surface area contributed by atoms with Crippen LogP contribution in [-0.2, 0) is 16.6 Å². The van der Waals surface area contributed by atoms with Crippen LogP contribution in [0.15, 0.2) is 18.2 Å². The van der Waals surface area contributed by atoms with Crippen LogP contribution in [0.5, 0.6) is 0 Å². The van der Waals surface area contributed by atoms with Crippen molar-refractivity contribution in [3.05, 3.63) is 29.3 Å². The summed E-state index contributed by atoms with van der Waals surface area (Å²) in [7, 11) is 3.97. The van der Waals surface area contributed by atoms with Crippen LogP contribution in [0, 0.1) is 0 Å². The van der Waals surface area contributed by atoms with Crippen molar-refractivity contribution >= 4 is 11.7 Å². The molecule has 94 valence electrons. The minimum atomic E-state index is -0.784. The number of carboxylic acid groups (broad SMARTS) is 1. The zero-order valence-corrected chi connectivity index (χ0v) is 11.2. The van der Waals surface area contributed by atoms with Gasteiger partial charge in [-0.2, -0.15) is 0 Å². The van der Waals surface area contributed by atoms with Gasteiger partial charge >= 0.3 is 5.97 Å². The molecule has 0 heterocycles. The zero-order valence-electron chi connectivity index (χ0n) is 11.2. The maximum Gasteiger partial charge on any atom is 0.307 e. The molecule has 0 aliphatic rings. The molecule has 0 fully saturated rings. The smallest absolute Gasteiger partial charge is 0.307 e. The number of aliphatic carboxylic acids is 1. The minimum absolute atomic E-state index is 0.0448. The molecule has 1 aromatic carbocycles. The number of anilines is 1. The first-order chi connectivity index (χ1) is 7.71. The molecule has 1 aromatic rings. The Morgan fingerprint density at radius 2 is 1.88 bits per heavy atom. The lowest BCUT2D eigenvalue weighted by Crippen LogP contribution is -2.18. The second kappa shape index (κ2) is 4.78. The fourth-order valence-electron chi connectivity index (χ4n) is 1.86. The topological polar surface area (TPSA) is 40.5 Å². The normalized spacial score (nSPS) is 11.4. The van der Waals surface area contributed by atoms with Crippen LogP contribution in [0.3, 0.4) is 0 Å². The van der Waals surface area contributed by atoms with Crippen LogP contribution in [0.2, 0.25) is 0 Å². The van der Waals surface area contributed by atoms with E-state index < -0.39 is 5.97 Å². The van der Waals surface area contributed by atoms with Gasteiger partial charge in [0.15, 0.2) is 0 Å². The summed E-state index contributed by atoms with van der Waals surface area (Å²) in [5.74, 6) is -0.784. The summed E-state index contributed by atoms with van der Waals surface area (Å²) in [5, 5.41) is 8.93. The van der Waals surface area contributed by atoms with Crippen molar-refractivity contribution in [1.82, 2.24) is 0 Å². The first kappa shape index (κ1) is 13.6. The van der Waals surface area contributed by atoms with Gasteiger partial charge < -0.3 is 10.0 Å². The van der Waals surface area contributed by atoms with E-state index in [0.717, 1.165) is 16.8 Å². The van der Waals surface area contributed by atoms with E-state index >= 15 is 0 Å². The van der Waals surface area contributed by atoms with Gasteiger partial charge in [-0.25, -0.2) is 0 Å². The van der Waals surface area contributed by atoms with Gasteiger partial charge in [0, 0.05) is 19.8 Å². The van der Waals surface area contributed by atoms with Crippen molar-refractivity contribution in [3.63, 3.8) is 0 Å². The van der Waals surface area contributed by atoms with Crippen molar-refractivity contribution < 1.29 is 9.90 Å². The molecule has 0 atom stereocenters. The molecule has 3 heteroatoms. The SMILES string of the molecule is CN(C)c1ccc(CC(=O)O)c(C(C)(C)C)c1. The van der Waals surface area contributed by atoms with E-state index in [1.807, 2.05) is 31.1 Å². The number of benzene rings is 1. The Morgan fingerprint density at radius 1 is 1.29 bits per heavy atom. The highest BCUT2D eigenvalue weighted by atomic mass is 16.4. The molecule has 0 spiro atoms. The van der Waals surface area contributed by atoms with E-state index in [0.29, 0.717) is 0 Å². The lowest BCUT2D eigenvalue weighted by Gasteiger charge is -2.25. The molecule has 0 aliphatic heterocycles. The second-order valence-electron chi connectivity index (χ2n) is 5.56. The summed E-state index contributed by atoms with van der Waals surface area (Å²) in [6, 6.07) is 5.97. The average Bonchev–Trinajstić information content (AvgIpc) is 2.15. The standard InChI is InChI=1S/C14H21NO2/c1-14(2,3)12-9-11(15(4)5)7-6-10(12)8-13(16)17/h6-7,9H,8H2,1-5H3,(H,16,17). The average molecular weight is 235 g/mol. The lowest BCUT2D eigenvalue weighted by atomic mass is 9.82. The van der Waals surface area contributed by atoms with E-state index in [1.165, 1.54) is 0 Å². The highest BCUT2D eigenvalue weighted by Gasteiger charge is 2.20. The Morgan fingerprint density at radius 3 is 2.29 bits per heavy atom. The minimum Gasteiger partial charge on any atom is -0.481 e. The summed E-state index contributed by atoms with van der Waals surface area (Å²) in [6.45, 7) is 6.31. The summed E-state index contributed by atoms with van der Waals surface area (Å²) < 4.78 is 0. The Balaban J connectivity index is 3.27. The molecular weight excluding hydrogens is 214 g/mol. The lowest BCUT2D eigenvalue weighted by molar-refractivity contribution is -0.136. The number of hydrogen-bond acceptors (Lipinski definition) is 2. The maximum atomic E-state index is 10.9. The van der Waals surface area contributed by atoms with Crippen LogP contribution in [0.25, 0.3) is 0 Å². The molecular formula is C14H21NO2. The van der Waals surface area contributed by atoms with E-state index in [9.17, 15) is 4.79 Å². The van der Waals surface area contributed by atoms with Crippen molar-refractivity contribution in [2.45, 2.75) is 32.6 Å². The second-order valence-corrected chi connectivity index (χ2v) is 5.56. The van der Waals surface area contributed by atoms with Gasteiger partial charge in [0.1, 0.15) is 0 Å². The molecule has 1 N–H and O–H groups in total. The van der Waals surface area contributed by atoms with Crippen molar-refractivity contribution in [2.75, 3.05) is 19.0 Å².